The molecule has 1 aromatic carbocycles. The highest BCUT2D eigenvalue weighted by Crippen LogP contribution is 2.52. The van der Waals surface area contributed by atoms with Crippen molar-refractivity contribution < 1.29 is 19.1 Å². The number of aromatic nitrogens is 2. The average molecular weight is 432 g/mol. The van der Waals surface area contributed by atoms with Crippen molar-refractivity contribution in [3.63, 3.8) is 0 Å². The van der Waals surface area contributed by atoms with Gasteiger partial charge >= 0.3 is 0 Å². The molecule has 162 valence electrons. The molecule has 2 atom stereocenters. The molecule has 3 N–H and O–H groups in total. The number of nitrogens with zero attached hydrogens (tertiary/aromatic N) is 3. The van der Waals surface area contributed by atoms with Crippen molar-refractivity contribution in [2.45, 2.75) is 43.2 Å². The minimum Gasteiger partial charge on any atom is -0.369 e. The van der Waals surface area contributed by atoms with Crippen LogP contribution in [-0.4, -0.2) is 50.6 Å². The number of rotatable bonds is 2. The number of nitrogens with two attached hydrogens (primary N) is 1. The molecule has 1 saturated heterocycles. The van der Waals surface area contributed by atoms with Crippen molar-refractivity contribution in [3.05, 3.63) is 46.5 Å². The van der Waals surface area contributed by atoms with Gasteiger partial charge in [0.25, 0.3) is 11.8 Å². The second-order valence-corrected chi connectivity index (χ2v) is 9.11. The molecule has 2 aliphatic carbocycles. The van der Waals surface area contributed by atoms with E-state index in [9.17, 15) is 19.1 Å². The van der Waals surface area contributed by atoms with Crippen LogP contribution in [0.15, 0.2) is 18.2 Å². The minimum atomic E-state index is -1.81. The van der Waals surface area contributed by atoms with Crippen molar-refractivity contribution in [1.29, 1.82) is 0 Å². The SMILES string of the molecule is CN1CC[C@@](O)(C#Cc2cc3c(cc2F)C2=CC(C2)n2c-3nc(C(N)=O)c2C2CC2)C1=O. The van der Waals surface area contributed by atoms with Gasteiger partial charge in [-0.1, -0.05) is 17.9 Å². The fraction of sp³-hybridized carbons (Fsp3) is 0.375. The summed E-state index contributed by atoms with van der Waals surface area (Å²) in [6, 6.07) is 3.10. The van der Waals surface area contributed by atoms with Crippen molar-refractivity contribution in [2.24, 2.45) is 5.73 Å². The van der Waals surface area contributed by atoms with Gasteiger partial charge in [0.15, 0.2) is 0 Å². The molecule has 1 unspecified atom stereocenters. The zero-order chi connectivity index (χ0) is 22.4. The normalized spacial score (nSPS) is 25.2. The predicted molar refractivity (Wildman–Crippen MR) is 114 cm³/mol. The molecule has 8 heteroatoms. The second-order valence-electron chi connectivity index (χ2n) is 9.11. The molecule has 1 aromatic heterocycles. The van der Waals surface area contributed by atoms with Crippen LogP contribution >= 0.6 is 0 Å². The first-order valence-electron chi connectivity index (χ1n) is 10.7. The third kappa shape index (κ3) is 2.61. The Balaban J connectivity index is 1.52. The van der Waals surface area contributed by atoms with Gasteiger partial charge in [-0.15, -0.1) is 0 Å². The number of allylic oxidation sites excluding steroid dienone is 2. The van der Waals surface area contributed by atoms with Crippen molar-refractivity contribution in [2.75, 3.05) is 13.6 Å². The number of benzene rings is 1. The first-order chi connectivity index (χ1) is 15.3. The quantitative estimate of drug-likeness (QED) is 0.709. The van der Waals surface area contributed by atoms with Gasteiger partial charge in [-0.3, -0.25) is 9.59 Å². The van der Waals surface area contributed by atoms with Gasteiger partial charge in [-0.25, -0.2) is 9.37 Å². The molecule has 0 radical (unpaired) electrons. The summed E-state index contributed by atoms with van der Waals surface area (Å²) in [7, 11) is 1.60. The molecule has 5 aliphatic rings. The Bertz CT molecular complexity index is 1330. The van der Waals surface area contributed by atoms with E-state index in [0.29, 0.717) is 17.9 Å². The van der Waals surface area contributed by atoms with Crippen molar-refractivity contribution in [3.8, 4) is 23.2 Å². The number of carbonyl (C=O) groups is 2. The van der Waals surface area contributed by atoms with E-state index in [1.165, 1.54) is 11.0 Å². The number of carbonyl (C=O) groups excluding carboxylic acids is 2. The van der Waals surface area contributed by atoms with Crippen molar-refractivity contribution in [1.82, 2.24) is 14.5 Å². The van der Waals surface area contributed by atoms with Gasteiger partial charge in [-0.2, -0.15) is 0 Å². The Morgan fingerprint density at radius 1 is 1.34 bits per heavy atom. The Labute approximate surface area is 183 Å². The van der Waals surface area contributed by atoms with Crippen LogP contribution in [0, 0.1) is 17.7 Å². The molecule has 0 spiro atoms. The molecule has 2 amide bonds. The Morgan fingerprint density at radius 3 is 2.72 bits per heavy atom. The van der Waals surface area contributed by atoms with E-state index >= 15 is 0 Å². The lowest BCUT2D eigenvalue weighted by atomic mass is 9.86. The fourth-order valence-corrected chi connectivity index (χ4v) is 4.95. The molecule has 3 aliphatic heterocycles. The molecular formula is C24H21FN4O3. The molecule has 2 bridgehead atoms. The summed E-state index contributed by atoms with van der Waals surface area (Å²) in [6.45, 7) is 0.392. The van der Waals surface area contributed by atoms with Gasteiger partial charge in [0, 0.05) is 31.5 Å². The van der Waals surface area contributed by atoms with Gasteiger partial charge in [0.1, 0.15) is 17.3 Å². The standard InChI is InChI=1S/C24H21FN4O3/c1-28-7-6-24(32,23(28)31)5-4-13-10-17-16(11-18(13)25)14-8-15(9-14)29-20(12-2-3-12)19(21(26)30)27-22(17)29/h8,10-12,15,32H,2-3,6-7,9H2,1H3,(H2,26,30)/t15?,24-/m0/s1. The summed E-state index contributed by atoms with van der Waals surface area (Å²) in [4.78, 5) is 30.4. The number of amides is 2. The molecule has 2 fully saturated rings. The number of primary amides is 1. The van der Waals surface area contributed by atoms with Crippen molar-refractivity contribution >= 4 is 17.4 Å². The van der Waals surface area contributed by atoms with E-state index in [1.54, 1.807) is 13.1 Å². The highest BCUT2D eigenvalue weighted by molar-refractivity contribution is 5.95. The number of aliphatic hydroxyl groups is 1. The van der Waals surface area contributed by atoms with E-state index in [2.05, 4.69) is 27.5 Å². The maximum absolute atomic E-state index is 15.0. The predicted octanol–water partition coefficient (Wildman–Crippen LogP) is 1.95. The number of likely N-dealkylation sites (tertiary alicyclic amines) is 1. The molecule has 7 rings (SSSR count). The molecule has 2 aromatic rings. The minimum absolute atomic E-state index is 0.0635. The van der Waals surface area contributed by atoms with E-state index in [1.807, 2.05) is 0 Å². The highest BCUT2D eigenvalue weighted by atomic mass is 19.1. The van der Waals surface area contributed by atoms with Crippen LogP contribution in [0.1, 0.15) is 65.0 Å². The fourth-order valence-electron chi connectivity index (χ4n) is 4.95. The average Bonchev–Trinajstić information content (AvgIpc) is 3.48. The topological polar surface area (TPSA) is 101 Å². The Kier molecular flexibility index (Phi) is 3.79. The molecule has 1 saturated carbocycles. The highest BCUT2D eigenvalue weighted by Gasteiger charge is 2.43. The lowest BCUT2D eigenvalue weighted by molar-refractivity contribution is -0.137. The third-order valence-corrected chi connectivity index (χ3v) is 6.91. The third-order valence-electron chi connectivity index (χ3n) is 6.91. The zero-order valence-corrected chi connectivity index (χ0v) is 17.5. The summed E-state index contributed by atoms with van der Waals surface area (Å²) in [5, 5.41) is 10.6. The number of imidazole rings is 1. The Hall–Kier alpha value is -3.44. The first-order valence-corrected chi connectivity index (χ1v) is 10.7. The molecule has 4 heterocycles. The maximum Gasteiger partial charge on any atom is 0.269 e. The van der Waals surface area contributed by atoms with Crippen LogP contribution in [-0.2, 0) is 4.79 Å². The maximum atomic E-state index is 15.0. The Morgan fingerprint density at radius 2 is 2.09 bits per heavy atom. The lowest BCUT2D eigenvalue weighted by Gasteiger charge is -2.26. The summed E-state index contributed by atoms with van der Waals surface area (Å²) in [5.41, 5.74) is 7.49. The van der Waals surface area contributed by atoms with E-state index in [-0.39, 0.29) is 29.6 Å². The van der Waals surface area contributed by atoms with Crippen LogP contribution in [0.3, 0.4) is 0 Å². The number of halogens is 1. The molecule has 7 nitrogen and oxygen atoms in total. The van der Waals surface area contributed by atoms with Gasteiger partial charge < -0.3 is 20.3 Å². The second kappa shape index (κ2) is 6.30. The largest absolute Gasteiger partial charge is 0.369 e. The smallest absolute Gasteiger partial charge is 0.269 e. The summed E-state index contributed by atoms with van der Waals surface area (Å²) >= 11 is 0. The van der Waals surface area contributed by atoms with Gasteiger partial charge in [-0.05, 0) is 42.5 Å². The number of hydrogen-bond donors (Lipinski definition) is 2. The molecule has 32 heavy (non-hydrogen) atoms. The van der Waals surface area contributed by atoms with E-state index in [0.717, 1.165) is 36.1 Å². The van der Waals surface area contributed by atoms with Gasteiger partial charge in [0.05, 0.1) is 17.3 Å². The van der Waals surface area contributed by atoms with Crippen LogP contribution in [0.5, 0.6) is 0 Å². The van der Waals surface area contributed by atoms with Crippen LogP contribution in [0.25, 0.3) is 17.0 Å². The van der Waals surface area contributed by atoms with E-state index < -0.39 is 23.2 Å². The van der Waals surface area contributed by atoms with Gasteiger partial charge in [0.2, 0.25) is 5.60 Å². The summed E-state index contributed by atoms with van der Waals surface area (Å²) in [5.74, 6) is 4.54. The monoisotopic (exact) mass is 432 g/mol. The number of likely N-dealkylation sites (N-methyl/N-ethyl adjacent to an activating group) is 1. The zero-order valence-electron chi connectivity index (χ0n) is 17.5. The van der Waals surface area contributed by atoms with Crippen LogP contribution < -0.4 is 5.73 Å². The summed E-state index contributed by atoms with van der Waals surface area (Å²) < 4.78 is 17.1. The first kappa shape index (κ1) is 19.3. The number of hydrogen-bond acceptors (Lipinski definition) is 4. The van der Waals surface area contributed by atoms with E-state index in [4.69, 9.17) is 5.73 Å². The van der Waals surface area contributed by atoms with Crippen LogP contribution in [0.4, 0.5) is 4.39 Å². The lowest BCUT2D eigenvalue weighted by Crippen LogP contribution is -2.37. The van der Waals surface area contributed by atoms with Crippen LogP contribution in [0.2, 0.25) is 0 Å². The summed E-state index contributed by atoms with van der Waals surface area (Å²) in [6.07, 6.45) is 4.96. The molecular weight excluding hydrogens is 411 g/mol.